The fourth-order valence-electron chi connectivity index (χ4n) is 4.84. The Bertz CT molecular complexity index is 1040. The number of hydrogen-bond acceptors (Lipinski definition) is 5. The molecule has 1 saturated heterocycles. The Hall–Kier alpha value is -2.44. The zero-order chi connectivity index (χ0) is 20.9. The summed E-state index contributed by atoms with van der Waals surface area (Å²) in [7, 11) is 0. The van der Waals surface area contributed by atoms with Crippen molar-refractivity contribution in [1.82, 2.24) is 19.5 Å². The first-order chi connectivity index (χ1) is 14.4. The maximum atomic E-state index is 10.6. The summed E-state index contributed by atoms with van der Waals surface area (Å²) in [6, 6.07) is 12.5. The highest BCUT2D eigenvalue weighted by Gasteiger charge is 2.42. The number of aliphatic hydroxyl groups is 1. The average Bonchev–Trinajstić information content (AvgIpc) is 3.28. The first-order valence-electron chi connectivity index (χ1n) is 10.9. The van der Waals surface area contributed by atoms with Gasteiger partial charge in [-0.25, -0.2) is 9.50 Å². The molecule has 4 heterocycles. The number of nitrogens with zero attached hydrogens (tertiary/aromatic N) is 4. The zero-order valence-corrected chi connectivity index (χ0v) is 18.0. The third-order valence-electron chi connectivity index (χ3n) is 6.42. The number of aromatic nitrogens is 3. The summed E-state index contributed by atoms with van der Waals surface area (Å²) < 4.78 is 7.82. The normalized spacial score (nSPS) is 22.3. The van der Waals surface area contributed by atoms with Gasteiger partial charge in [0, 0.05) is 48.3 Å². The summed E-state index contributed by atoms with van der Waals surface area (Å²) in [5, 5.41) is 15.5. The maximum absolute atomic E-state index is 10.6. The van der Waals surface area contributed by atoms with Gasteiger partial charge in [-0.3, -0.25) is 4.90 Å². The second-order valence-electron chi connectivity index (χ2n) is 9.64. The minimum atomic E-state index is -0.524. The summed E-state index contributed by atoms with van der Waals surface area (Å²) in [5.74, 6) is 0.795. The van der Waals surface area contributed by atoms with Crippen molar-refractivity contribution in [2.75, 3.05) is 13.2 Å². The van der Waals surface area contributed by atoms with Crippen LogP contribution in [0.2, 0.25) is 0 Å². The molecule has 0 spiro atoms. The molecule has 1 fully saturated rings. The average molecular weight is 407 g/mol. The molecule has 0 radical (unpaired) electrons. The van der Waals surface area contributed by atoms with Crippen molar-refractivity contribution >= 4 is 5.65 Å². The summed E-state index contributed by atoms with van der Waals surface area (Å²) >= 11 is 0. The summed E-state index contributed by atoms with van der Waals surface area (Å²) in [6.07, 6.45) is 4.70. The van der Waals surface area contributed by atoms with E-state index in [9.17, 15) is 5.11 Å². The van der Waals surface area contributed by atoms with Gasteiger partial charge >= 0.3 is 0 Å². The highest BCUT2D eigenvalue weighted by atomic mass is 16.5. The number of fused-ring (bicyclic) bond motifs is 6. The Morgan fingerprint density at radius 1 is 1.20 bits per heavy atom. The van der Waals surface area contributed by atoms with Gasteiger partial charge in [0.05, 0.1) is 11.4 Å². The van der Waals surface area contributed by atoms with E-state index >= 15 is 0 Å². The molecular weight excluding hydrogens is 376 g/mol. The van der Waals surface area contributed by atoms with E-state index in [-0.39, 0.29) is 5.41 Å². The first-order valence-corrected chi connectivity index (χ1v) is 10.9. The molecule has 6 nitrogen and oxygen atoms in total. The molecule has 2 aliphatic rings. The molecule has 0 saturated carbocycles. The predicted octanol–water partition coefficient (Wildman–Crippen LogP) is 3.53. The maximum Gasteiger partial charge on any atom is 0.155 e. The molecule has 3 atom stereocenters. The van der Waals surface area contributed by atoms with Gasteiger partial charge < -0.3 is 9.84 Å². The molecule has 2 bridgehead atoms. The summed E-state index contributed by atoms with van der Waals surface area (Å²) in [5.41, 5.74) is 4.56. The van der Waals surface area contributed by atoms with Gasteiger partial charge in [-0.2, -0.15) is 5.10 Å². The lowest BCUT2D eigenvalue weighted by molar-refractivity contribution is 0.0446. The highest BCUT2D eigenvalue weighted by molar-refractivity contribution is 5.45. The van der Waals surface area contributed by atoms with Gasteiger partial charge in [-0.15, -0.1) is 0 Å². The van der Waals surface area contributed by atoms with E-state index in [4.69, 9.17) is 14.8 Å². The lowest BCUT2D eigenvalue weighted by Gasteiger charge is -2.37. The van der Waals surface area contributed by atoms with Crippen molar-refractivity contribution in [1.29, 1.82) is 0 Å². The number of para-hydroxylation sites is 1. The van der Waals surface area contributed by atoms with Gasteiger partial charge in [-0.05, 0) is 25.0 Å². The van der Waals surface area contributed by atoms with Crippen molar-refractivity contribution in [2.24, 2.45) is 0 Å². The van der Waals surface area contributed by atoms with Crippen LogP contribution >= 0.6 is 0 Å². The minimum absolute atomic E-state index is 0.00311. The van der Waals surface area contributed by atoms with E-state index in [2.05, 4.69) is 36.3 Å². The van der Waals surface area contributed by atoms with Crippen molar-refractivity contribution in [2.45, 2.75) is 63.6 Å². The Kier molecular flexibility index (Phi) is 4.79. The van der Waals surface area contributed by atoms with E-state index in [1.54, 1.807) is 0 Å². The second-order valence-corrected chi connectivity index (χ2v) is 9.64. The van der Waals surface area contributed by atoms with Crippen molar-refractivity contribution in [3.63, 3.8) is 0 Å². The van der Waals surface area contributed by atoms with Crippen molar-refractivity contribution < 1.29 is 9.84 Å². The van der Waals surface area contributed by atoms with Gasteiger partial charge in [0.25, 0.3) is 0 Å². The van der Waals surface area contributed by atoms with Crippen LogP contribution in [0, 0.1) is 0 Å². The molecule has 1 N–H and O–H groups in total. The standard InChI is InChI=1S/C24H30N4O2/c1-24(2,3)22-12-23-25-13-19-20-10-9-16(11-21(19)28(23)26-22)27(20)14-17(29)15-30-18-7-5-4-6-8-18/h4-8,12-13,16-17,20,29H,9-11,14-15H2,1-3H3/t16-,17-,20-/m1/s1. The van der Waals surface area contributed by atoms with E-state index in [0.29, 0.717) is 25.2 Å². The lowest BCUT2D eigenvalue weighted by atomic mass is 9.93. The van der Waals surface area contributed by atoms with Crippen LogP contribution in [0.1, 0.15) is 56.6 Å². The number of hydrogen-bond donors (Lipinski definition) is 1. The van der Waals surface area contributed by atoms with Crippen LogP contribution in [0.5, 0.6) is 5.75 Å². The predicted molar refractivity (Wildman–Crippen MR) is 116 cm³/mol. The topological polar surface area (TPSA) is 62.9 Å². The molecule has 2 aliphatic heterocycles. The quantitative estimate of drug-likeness (QED) is 0.702. The third kappa shape index (κ3) is 3.48. The molecule has 0 aliphatic carbocycles. The number of rotatable bonds is 5. The Morgan fingerprint density at radius 3 is 2.77 bits per heavy atom. The van der Waals surface area contributed by atoms with E-state index in [1.807, 2.05) is 36.5 Å². The van der Waals surface area contributed by atoms with Crippen LogP contribution in [0.25, 0.3) is 5.65 Å². The first kappa shape index (κ1) is 19.5. The van der Waals surface area contributed by atoms with Crippen molar-refractivity contribution in [3.8, 4) is 5.75 Å². The Labute approximate surface area is 177 Å². The van der Waals surface area contributed by atoms with Crippen LogP contribution in [0.15, 0.2) is 42.6 Å². The van der Waals surface area contributed by atoms with Gasteiger partial charge in [-0.1, -0.05) is 39.0 Å². The second kappa shape index (κ2) is 7.36. The molecule has 0 unspecified atom stereocenters. The highest BCUT2D eigenvalue weighted by Crippen LogP contribution is 2.43. The zero-order valence-electron chi connectivity index (χ0n) is 18.0. The minimum Gasteiger partial charge on any atom is -0.491 e. The fraction of sp³-hybridized carbons (Fsp3) is 0.500. The molecular formula is C24H30N4O2. The SMILES string of the molecule is CC(C)(C)c1cc2ncc3c(n2n1)C[C@H]1CC[C@H]3N1C[C@@H](O)COc1ccccc1. The van der Waals surface area contributed by atoms with E-state index in [0.717, 1.165) is 36.4 Å². The van der Waals surface area contributed by atoms with E-state index in [1.165, 1.54) is 11.3 Å². The van der Waals surface area contributed by atoms with E-state index < -0.39 is 6.10 Å². The number of ether oxygens (including phenoxy) is 1. The molecule has 2 aromatic heterocycles. The van der Waals surface area contributed by atoms with Gasteiger partial charge in [0.15, 0.2) is 5.65 Å². The molecule has 158 valence electrons. The monoisotopic (exact) mass is 406 g/mol. The smallest absolute Gasteiger partial charge is 0.155 e. The van der Waals surface area contributed by atoms with Crippen LogP contribution in [-0.4, -0.2) is 49.9 Å². The summed E-state index contributed by atoms with van der Waals surface area (Å²) in [4.78, 5) is 7.17. The van der Waals surface area contributed by atoms with Crippen LogP contribution < -0.4 is 4.74 Å². The molecule has 0 amide bonds. The Morgan fingerprint density at radius 2 is 2.00 bits per heavy atom. The van der Waals surface area contributed by atoms with Crippen molar-refractivity contribution in [3.05, 3.63) is 59.5 Å². The van der Waals surface area contributed by atoms with Gasteiger partial charge in [0.2, 0.25) is 0 Å². The van der Waals surface area contributed by atoms with Crippen LogP contribution in [-0.2, 0) is 11.8 Å². The molecule has 3 aromatic rings. The molecule has 6 heteroatoms. The number of aliphatic hydroxyl groups excluding tert-OH is 1. The molecule has 5 rings (SSSR count). The molecule has 1 aromatic carbocycles. The largest absolute Gasteiger partial charge is 0.491 e. The lowest BCUT2D eigenvalue weighted by Crippen LogP contribution is -2.44. The van der Waals surface area contributed by atoms with Crippen LogP contribution in [0.4, 0.5) is 0 Å². The Balaban J connectivity index is 1.35. The fourth-order valence-corrected chi connectivity index (χ4v) is 4.84. The number of benzene rings is 1. The molecule has 30 heavy (non-hydrogen) atoms. The van der Waals surface area contributed by atoms with Crippen LogP contribution in [0.3, 0.4) is 0 Å². The third-order valence-corrected chi connectivity index (χ3v) is 6.42. The summed E-state index contributed by atoms with van der Waals surface area (Å²) in [6.45, 7) is 7.48. The van der Waals surface area contributed by atoms with Gasteiger partial charge in [0.1, 0.15) is 18.5 Å².